The van der Waals surface area contributed by atoms with Crippen LogP contribution in [-0.2, 0) is 0 Å². The molecule has 0 aromatic heterocycles. The third-order valence-electron chi connectivity index (χ3n) is 2.36. The summed E-state index contributed by atoms with van der Waals surface area (Å²) in [7, 11) is 0. The molecule has 0 aromatic rings. The Morgan fingerprint density at radius 2 is 1.92 bits per heavy atom. The molecule has 72 valence electrons. The van der Waals surface area contributed by atoms with E-state index < -0.39 is 0 Å². The highest BCUT2D eigenvalue weighted by molar-refractivity contribution is 4.77. The van der Waals surface area contributed by atoms with Gasteiger partial charge in [0.1, 0.15) is 0 Å². The topological polar surface area (TPSA) is 0 Å². The Labute approximate surface area is 78.1 Å². The summed E-state index contributed by atoms with van der Waals surface area (Å²) in [5.74, 6) is 0.924. The zero-order valence-corrected chi connectivity index (χ0v) is 8.97. The Morgan fingerprint density at radius 1 is 1.17 bits per heavy atom. The van der Waals surface area contributed by atoms with Crippen molar-refractivity contribution in [1.29, 1.82) is 0 Å². The predicted molar refractivity (Wildman–Crippen MR) is 57.4 cm³/mol. The zero-order chi connectivity index (χ0) is 9.23. The van der Waals surface area contributed by atoms with Crippen LogP contribution in [0.25, 0.3) is 0 Å². The Hall–Kier alpha value is -0.260. The van der Waals surface area contributed by atoms with Gasteiger partial charge in [0.05, 0.1) is 0 Å². The van der Waals surface area contributed by atoms with Gasteiger partial charge in [-0.05, 0) is 25.7 Å². The normalized spacial score (nSPS) is 13.9. The van der Waals surface area contributed by atoms with Crippen molar-refractivity contribution < 1.29 is 0 Å². The highest BCUT2D eigenvalue weighted by atomic mass is 14.0. The van der Waals surface area contributed by atoms with E-state index in [-0.39, 0.29) is 0 Å². The molecule has 1 atom stereocenters. The molecule has 0 N–H and O–H groups in total. The fourth-order valence-corrected chi connectivity index (χ4v) is 1.43. The number of hydrogen-bond donors (Lipinski definition) is 0. The van der Waals surface area contributed by atoms with Crippen molar-refractivity contribution in [1.82, 2.24) is 0 Å². The second kappa shape index (κ2) is 8.83. The van der Waals surface area contributed by atoms with E-state index in [1.54, 1.807) is 0 Å². The lowest BCUT2D eigenvalue weighted by Gasteiger charge is -2.08. The summed E-state index contributed by atoms with van der Waals surface area (Å²) in [6.45, 7) is 6.74. The van der Waals surface area contributed by atoms with Crippen LogP contribution in [0.15, 0.2) is 12.2 Å². The molecule has 0 bridgehead atoms. The zero-order valence-electron chi connectivity index (χ0n) is 8.97. The number of rotatable bonds is 7. The van der Waals surface area contributed by atoms with Crippen molar-refractivity contribution in [2.24, 2.45) is 5.92 Å². The van der Waals surface area contributed by atoms with E-state index in [0.29, 0.717) is 0 Å². The van der Waals surface area contributed by atoms with Crippen molar-refractivity contribution in [2.75, 3.05) is 0 Å². The maximum atomic E-state index is 2.37. The highest BCUT2D eigenvalue weighted by Crippen LogP contribution is 2.14. The molecule has 12 heavy (non-hydrogen) atoms. The first-order valence-corrected chi connectivity index (χ1v) is 5.42. The largest absolute Gasteiger partial charge is 0.0917 e. The molecule has 0 radical (unpaired) electrons. The average molecular weight is 168 g/mol. The maximum absolute atomic E-state index is 2.37. The van der Waals surface area contributed by atoms with Crippen molar-refractivity contribution in [3.05, 3.63) is 12.2 Å². The molecule has 0 amide bonds. The molecule has 0 rings (SSSR count). The van der Waals surface area contributed by atoms with Crippen molar-refractivity contribution in [2.45, 2.75) is 59.3 Å². The van der Waals surface area contributed by atoms with Crippen molar-refractivity contribution in [3.8, 4) is 0 Å². The van der Waals surface area contributed by atoms with E-state index in [1.807, 2.05) is 0 Å². The molecule has 0 aliphatic carbocycles. The van der Waals surface area contributed by atoms with Gasteiger partial charge in [-0.25, -0.2) is 0 Å². The Morgan fingerprint density at radius 3 is 2.50 bits per heavy atom. The molecule has 0 nitrogen and oxygen atoms in total. The highest BCUT2D eigenvalue weighted by Gasteiger charge is 1.99. The van der Waals surface area contributed by atoms with Crippen LogP contribution in [0.4, 0.5) is 0 Å². The van der Waals surface area contributed by atoms with Crippen LogP contribution in [-0.4, -0.2) is 0 Å². The molecule has 0 aliphatic rings. The summed E-state index contributed by atoms with van der Waals surface area (Å²) in [5.41, 5.74) is 0. The standard InChI is InChI=1S/C12H24/c1-4-6-8-10-12(3)11-9-7-5-2/h4,6,12H,5,7-11H2,1-3H3/b6-4+. The number of allylic oxidation sites excluding steroid dienone is 2. The fraction of sp³-hybridized carbons (Fsp3) is 0.833. The molecule has 1 unspecified atom stereocenters. The lowest BCUT2D eigenvalue weighted by atomic mass is 9.98. The molecular formula is C12H24. The van der Waals surface area contributed by atoms with Crippen LogP contribution < -0.4 is 0 Å². The van der Waals surface area contributed by atoms with Gasteiger partial charge in [0.15, 0.2) is 0 Å². The third-order valence-corrected chi connectivity index (χ3v) is 2.36. The molecule has 0 spiro atoms. The second-order valence-electron chi connectivity index (χ2n) is 3.75. The van der Waals surface area contributed by atoms with Gasteiger partial charge in [0, 0.05) is 0 Å². The second-order valence-corrected chi connectivity index (χ2v) is 3.75. The van der Waals surface area contributed by atoms with E-state index in [0.717, 1.165) is 5.92 Å². The van der Waals surface area contributed by atoms with Gasteiger partial charge in [-0.2, -0.15) is 0 Å². The van der Waals surface area contributed by atoms with E-state index in [4.69, 9.17) is 0 Å². The third kappa shape index (κ3) is 7.84. The van der Waals surface area contributed by atoms with E-state index in [9.17, 15) is 0 Å². The number of unbranched alkanes of at least 4 members (excludes halogenated alkanes) is 2. The molecule has 0 aromatic carbocycles. The first-order chi connectivity index (χ1) is 5.81. The van der Waals surface area contributed by atoms with Crippen molar-refractivity contribution >= 4 is 0 Å². The monoisotopic (exact) mass is 168 g/mol. The van der Waals surface area contributed by atoms with Gasteiger partial charge in [-0.3, -0.25) is 0 Å². The van der Waals surface area contributed by atoms with Crippen LogP contribution >= 0.6 is 0 Å². The summed E-state index contributed by atoms with van der Waals surface area (Å²) in [6.07, 6.45) is 12.7. The minimum atomic E-state index is 0.924. The van der Waals surface area contributed by atoms with Crippen LogP contribution in [0.5, 0.6) is 0 Å². The SMILES string of the molecule is C/C=C/CCC(C)CCCCC. The quantitative estimate of drug-likeness (QED) is 0.386. The molecule has 0 heterocycles. The lowest BCUT2D eigenvalue weighted by Crippen LogP contribution is -1.93. The molecule has 0 saturated carbocycles. The van der Waals surface area contributed by atoms with E-state index >= 15 is 0 Å². The molecule has 0 aliphatic heterocycles. The van der Waals surface area contributed by atoms with E-state index in [1.165, 1.54) is 38.5 Å². The number of hydrogen-bond acceptors (Lipinski definition) is 0. The Bertz CT molecular complexity index is 103. The van der Waals surface area contributed by atoms with E-state index in [2.05, 4.69) is 32.9 Å². The minimum Gasteiger partial charge on any atom is -0.0917 e. The van der Waals surface area contributed by atoms with Gasteiger partial charge < -0.3 is 0 Å². The smallest absolute Gasteiger partial charge is 0.0348 e. The lowest BCUT2D eigenvalue weighted by molar-refractivity contribution is 0.467. The summed E-state index contributed by atoms with van der Waals surface area (Å²) in [5, 5.41) is 0. The van der Waals surface area contributed by atoms with Crippen molar-refractivity contribution in [3.63, 3.8) is 0 Å². The van der Waals surface area contributed by atoms with Crippen LogP contribution in [0.2, 0.25) is 0 Å². The van der Waals surface area contributed by atoms with Gasteiger partial charge in [0.2, 0.25) is 0 Å². The van der Waals surface area contributed by atoms with Gasteiger partial charge in [-0.1, -0.05) is 51.7 Å². The van der Waals surface area contributed by atoms with Crippen LogP contribution in [0, 0.1) is 5.92 Å². The van der Waals surface area contributed by atoms with Crippen LogP contribution in [0.1, 0.15) is 59.3 Å². The molecule has 0 heteroatoms. The molecule has 0 saturated heterocycles. The van der Waals surface area contributed by atoms with Crippen LogP contribution in [0.3, 0.4) is 0 Å². The summed E-state index contributed by atoms with van der Waals surface area (Å²) in [6, 6.07) is 0. The summed E-state index contributed by atoms with van der Waals surface area (Å²) in [4.78, 5) is 0. The summed E-state index contributed by atoms with van der Waals surface area (Å²) < 4.78 is 0. The molecule has 0 fully saturated rings. The first kappa shape index (κ1) is 11.7. The van der Waals surface area contributed by atoms with Gasteiger partial charge in [0.25, 0.3) is 0 Å². The first-order valence-electron chi connectivity index (χ1n) is 5.42. The molecular weight excluding hydrogens is 144 g/mol. The van der Waals surface area contributed by atoms with Gasteiger partial charge >= 0.3 is 0 Å². The Kier molecular flexibility index (Phi) is 8.64. The fourth-order valence-electron chi connectivity index (χ4n) is 1.43. The average Bonchev–Trinajstić information content (AvgIpc) is 2.06. The minimum absolute atomic E-state index is 0.924. The maximum Gasteiger partial charge on any atom is -0.0348 e. The van der Waals surface area contributed by atoms with Gasteiger partial charge in [-0.15, -0.1) is 0 Å². The predicted octanol–water partition coefficient (Wildman–Crippen LogP) is 4.56. The Balaban J connectivity index is 3.15. The summed E-state index contributed by atoms with van der Waals surface area (Å²) >= 11 is 0.